The number of hydrogen-bond acceptors (Lipinski definition) is 3. The number of hydrogen-bond donors (Lipinski definition) is 0. The molecule has 1 aromatic rings. The van der Waals surface area contributed by atoms with Crippen molar-refractivity contribution in [2.24, 2.45) is 5.41 Å². The Kier molecular flexibility index (Phi) is 7.01. The van der Waals surface area contributed by atoms with Gasteiger partial charge in [-0.05, 0) is 25.3 Å². The number of rotatable bonds is 6. The lowest BCUT2D eigenvalue weighted by atomic mass is 9.67. The minimum absolute atomic E-state index is 0.0650. The van der Waals surface area contributed by atoms with E-state index in [2.05, 4.69) is 18.4 Å². The molecule has 1 aromatic carbocycles. The second-order valence-electron chi connectivity index (χ2n) is 6.72. The lowest BCUT2D eigenvalue weighted by Crippen LogP contribution is -2.39. The van der Waals surface area contributed by atoms with Gasteiger partial charge in [-0.1, -0.05) is 55.4 Å². The van der Waals surface area contributed by atoms with Gasteiger partial charge in [0.2, 0.25) is 0 Å². The fourth-order valence-electron chi connectivity index (χ4n) is 3.74. The van der Waals surface area contributed by atoms with Gasteiger partial charge in [0.25, 0.3) is 0 Å². The van der Waals surface area contributed by atoms with E-state index in [4.69, 9.17) is 4.74 Å². The summed E-state index contributed by atoms with van der Waals surface area (Å²) < 4.78 is 5.68. The van der Waals surface area contributed by atoms with E-state index in [-0.39, 0.29) is 17.5 Å². The molecule has 1 atom stereocenters. The molecule has 0 spiro atoms. The van der Waals surface area contributed by atoms with E-state index >= 15 is 0 Å². The molecule has 0 aromatic heterocycles. The lowest BCUT2D eigenvalue weighted by molar-refractivity contribution is -0.155. The molecule has 0 saturated heterocycles. The summed E-state index contributed by atoms with van der Waals surface area (Å²) in [4.78, 5) is 22.7. The zero-order chi connectivity index (χ0) is 18.1. The Morgan fingerprint density at radius 2 is 2.04 bits per heavy atom. The number of carbonyl (C=O) groups excluding carboxylic acids is 2. The van der Waals surface area contributed by atoms with Crippen molar-refractivity contribution < 1.29 is 14.3 Å². The summed E-state index contributed by atoms with van der Waals surface area (Å²) in [5, 5.41) is 0. The molecule has 1 aliphatic rings. The first-order valence-electron chi connectivity index (χ1n) is 8.92. The standard InChI is InChI=1S/C22H26O3/c1-3-14-22(15-7-4-8-16-22)21(25-18(2)24)13-9-12-19-10-5-6-11-20(19)17-23/h3,5-6,10-11,17,21H,1,4,7-8,13-16H2,2H3. The van der Waals surface area contributed by atoms with Crippen LogP contribution < -0.4 is 0 Å². The molecule has 1 saturated carbocycles. The van der Waals surface area contributed by atoms with Gasteiger partial charge >= 0.3 is 5.97 Å². The highest BCUT2D eigenvalue weighted by atomic mass is 16.5. The molecule has 3 nitrogen and oxygen atoms in total. The van der Waals surface area contributed by atoms with E-state index < -0.39 is 0 Å². The molecular formula is C22H26O3. The van der Waals surface area contributed by atoms with Gasteiger partial charge in [0.15, 0.2) is 6.29 Å². The predicted octanol–water partition coefficient (Wildman–Crippen LogP) is 4.70. The Balaban J connectivity index is 2.23. The van der Waals surface area contributed by atoms with Crippen molar-refractivity contribution in [3.63, 3.8) is 0 Å². The van der Waals surface area contributed by atoms with E-state index in [0.29, 0.717) is 17.5 Å². The van der Waals surface area contributed by atoms with Crippen molar-refractivity contribution in [3.8, 4) is 11.8 Å². The first-order chi connectivity index (χ1) is 12.1. The Morgan fingerprint density at radius 3 is 2.68 bits per heavy atom. The van der Waals surface area contributed by atoms with Crippen LogP contribution in [-0.2, 0) is 9.53 Å². The summed E-state index contributed by atoms with van der Waals surface area (Å²) >= 11 is 0. The predicted molar refractivity (Wildman–Crippen MR) is 99.2 cm³/mol. The van der Waals surface area contributed by atoms with Gasteiger partial charge in [-0.3, -0.25) is 9.59 Å². The maximum absolute atomic E-state index is 11.6. The van der Waals surface area contributed by atoms with Gasteiger partial charge in [-0.25, -0.2) is 0 Å². The van der Waals surface area contributed by atoms with Crippen LogP contribution in [-0.4, -0.2) is 18.4 Å². The number of benzene rings is 1. The van der Waals surface area contributed by atoms with Crippen LogP contribution >= 0.6 is 0 Å². The third-order valence-corrected chi connectivity index (χ3v) is 4.99. The Bertz CT molecular complexity index is 672. The molecule has 1 aliphatic carbocycles. The van der Waals surface area contributed by atoms with Gasteiger partial charge in [-0.2, -0.15) is 0 Å². The van der Waals surface area contributed by atoms with Crippen molar-refractivity contribution in [2.75, 3.05) is 0 Å². The van der Waals surface area contributed by atoms with Crippen LogP contribution in [0.5, 0.6) is 0 Å². The fourth-order valence-corrected chi connectivity index (χ4v) is 3.74. The maximum Gasteiger partial charge on any atom is 0.302 e. The van der Waals surface area contributed by atoms with Crippen molar-refractivity contribution >= 4 is 12.3 Å². The molecule has 132 valence electrons. The zero-order valence-corrected chi connectivity index (χ0v) is 14.9. The molecule has 0 heterocycles. The van der Waals surface area contributed by atoms with Crippen LogP contribution in [0.25, 0.3) is 0 Å². The second kappa shape index (κ2) is 9.22. The highest BCUT2D eigenvalue weighted by Crippen LogP contribution is 2.44. The highest BCUT2D eigenvalue weighted by molar-refractivity contribution is 5.79. The van der Waals surface area contributed by atoms with Crippen LogP contribution in [0.3, 0.4) is 0 Å². The third kappa shape index (κ3) is 5.06. The van der Waals surface area contributed by atoms with Gasteiger partial charge in [-0.15, -0.1) is 6.58 Å². The van der Waals surface area contributed by atoms with Gasteiger partial charge < -0.3 is 4.74 Å². The Morgan fingerprint density at radius 1 is 1.32 bits per heavy atom. The van der Waals surface area contributed by atoms with Crippen molar-refractivity contribution in [2.45, 2.75) is 58.0 Å². The summed E-state index contributed by atoms with van der Waals surface area (Å²) in [6, 6.07) is 7.26. The quantitative estimate of drug-likeness (QED) is 0.327. The number of carbonyl (C=O) groups is 2. The highest BCUT2D eigenvalue weighted by Gasteiger charge is 2.40. The van der Waals surface area contributed by atoms with Gasteiger partial charge in [0.05, 0.1) is 0 Å². The molecule has 3 heteroatoms. The minimum Gasteiger partial charge on any atom is -0.461 e. The Hall–Kier alpha value is -2.34. The molecule has 2 rings (SSSR count). The topological polar surface area (TPSA) is 43.4 Å². The zero-order valence-electron chi connectivity index (χ0n) is 14.9. The monoisotopic (exact) mass is 338 g/mol. The summed E-state index contributed by atoms with van der Waals surface area (Å²) in [5.41, 5.74) is 1.22. The van der Waals surface area contributed by atoms with E-state index in [9.17, 15) is 9.59 Å². The van der Waals surface area contributed by atoms with Crippen LogP contribution in [0.15, 0.2) is 36.9 Å². The maximum atomic E-state index is 11.6. The van der Waals surface area contributed by atoms with E-state index in [1.54, 1.807) is 6.07 Å². The first kappa shape index (κ1) is 19.0. The van der Waals surface area contributed by atoms with Crippen molar-refractivity contribution in [1.82, 2.24) is 0 Å². The minimum atomic E-state index is -0.269. The number of aldehydes is 1. The SMILES string of the molecule is C=CCC1(C(CC#Cc2ccccc2C=O)OC(C)=O)CCCCC1. The van der Waals surface area contributed by atoms with Crippen LogP contribution in [0.2, 0.25) is 0 Å². The molecule has 0 bridgehead atoms. The lowest BCUT2D eigenvalue weighted by Gasteiger charge is -2.41. The molecule has 25 heavy (non-hydrogen) atoms. The van der Waals surface area contributed by atoms with Gasteiger partial charge in [0.1, 0.15) is 6.10 Å². The molecule has 1 unspecified atom stereocenters. The number of allylic oxidation sites excluding steroid dienone is 1. The van der Waals surface area contributed by atoms with E-state index in [0.717, 1.165) is 38.4 Å². The fraction of sp³-hybridized carbons (Fsp3) is 0.455. The van der Waals surface area contributed by atoms with Crippen molar-refractivity contribution in [1.29, 1.82) is 0 Å². The molecule has 0 aliphatic heterocycles. The van der Waals surface area contributed by atoms with Crippen molar-refractivity contribution in [3.05, 3.63) is 48.0 Å². The smallest absolute Gasteiger partial charge is 0.302 e. The molecule has 1 fully saturated rings. The molecule has 0 amide bonds. The molecular weight excluding hydrogens is 312 g/mol. The normalized spacial score (nSPS) is 16.8. The average molecular weight is 338 g/mol. The van der Waals surface area contributed by atoms with E-state index in [1.807, 2.05) is 24.3 Å². The molecule has 0 radical (unpaired) electrons. The summed E-state index contributed by atoms with van der Waals surface area (Å²) in [6.07, 6.45) is 9.39. The van der Waals surface area contributed by atoms with Crippen LogP contribution in [0.4, 0.5) is 0 Å². The summed E-state index contributed by atoms with van der Waals surface area (Å²) in [6.45, 7) is 5.35. The largest absolute Gasteiger partial charge is 0.461 e. The number of ether oxygens (including phenoxy) is 1. The summed E-state index contributed by atoms with van der Waals surface area (Å²) in [7, 11) is 0. The summed E-state index contributed by atoms with van der Waals surface area (Å²) in [5.74, 6) is 5.94. The van der Waals surface area contributed by atoms with Crippen LogP contribution in [0, 0.1) is 17.3 Å². The second-order valence-corrected chi connectivity index (χ2v) is 6.72. The third-order valence-electron chi connectivity index (χ3n) is 4.99. The van der Waals surface area contributed by atoms with Gasteiger partial charge in [0, 0.05) is 29.9 Å². The first-order valence-corrected chi connectivity index (χ1v) is 8.92. The number of esters is 1. The van der Waals surface area contributed by atoms with Crippen LogP contribution in [0.1, 0.15) is 67.8 Å². The Labute approximate surface area is 150 Å². The van der Waals surface area contributed by atoms with E-state index in [1.165, 1.54) is 13.3 Å². The average Bonchev–Trinajstić information content (AvgIpc) is 2.62. The molecule has 0 N–H and O–H groups in total.